The van der Waals surface area contributed by atoms with Crippen LogP contribution in [0.1, 0.15) is 58.2 Å². The van der Waals surface area contributed by atoms with Gasteiger partial charge in [-0.15, -0.1) is 0 Å². The first-order valence-electron chi connectivity index (χ1n) is 24.6. The molecule has 0 radical (unpaired) electrons. The molecule has 0 atom stereocenters. The minimum Gasteiger partial charge on any atom is -0.454 e. The smallest absolute Gasteiger partial charge is 0.162 e. The lowest BCUT2D eigenvalue weighted by molar-refractivity contribution is 0.572. The van der Waals surface area contributed by atoms with Crippen LogP contribution in [0.4, 0.5) is 34.1 Å². The Morgan fingerprint density at radius 1 is 0.371 bits per heavy atom. The number of hydrogen-bond donors (Lipinski definition) is 0. The molecule has 12 rings (SSSR count). The van der Waals surface area contributed by atoms with Crippen LogP contribution in [0.3, 0.4) is 0 Å². The first kappa shape index (κ1) is 43.7. The van der Waals surface area contributed by atoms with E-state index in [0.717, 1.165) is 111 Å². The van der Waals surface area contributed by atoms with Crippen molar-refractivity contribution in [3.8, 4) is 0 Å². The molecule has 0 aliphatic rings. The molecule has 9 aromatic carbocycles. The van der Waals surface area contributed by atoms with E-state index in [2.05, 4.69) is 248 Å². The average Bonchev–Trinajstić information content (AvgIpc) is 4.04. The predicted octanol–water partition coefficient (Wildman–Crippen LogP) is 18.9. The van der Waals surface area contributed by atoms with Crippen molar-refractivity contribution in [3.05, 3.63) is 187 Å². The van der Waals surface area contributed by atoms with Crippen molar-refractivity contribution in [2.24, 2.45) is 0 Å². The molecule has 0 spiro atoms. The molecule has 12 aromatic rings. The summed E-state index contributed by atoms with van der Waals surface area (Å²) in [5, 5.41) is 9.89. The molecule has 0 unspecified atom stereocenters. The topological polar surface area (TPSA) is 45.9 Å². The van der Waals surface area contributed by atoms with E-state index in [1.165, 1.54) is 21.9 Å². The molecule has 6 heteroatoms. The second-order valence-electron chi connectivity index (χ2n) is 22.2. The lowest BCUT2D eigenvalue weighted by Crippen LogP contribution is -2.37. The first-order valence-corrected chi connectivity index (χ1v) is 28.1. The van der Waals surface area contributed by atoms with Crippen molar-refractivity contribution in [2.45, 2.75) is 78.9 Å². The Morgan fingerprint density at radius 3 is 1.29 bits per heavy atom. The molecule has 0 saturated heterocycles. The van der Waals surface area contributed by atoms with Gasteiger partial charge in [0.25, 0.3) is 0 Å². The minimum absolute atomic E-state index is 0.126. The number of fused-ring (bicyclic) bond motifs is 10. The SMILES string of the molecule is Cc1ccc(N(c2cccc3c2oc2c(C(C)(C)C)cccc23)c2c3ccccc3c(N(c3ccc([Si](C)(C)C)cc3)c3cccc4c3oc3c(C(C)(C)C)cccc34)c3c2oc2ccccc23)cc1. The quantitative estimate of drug-likeness (QED) is 0.118. The Labute approximate surface area is 410 Å². The van der Waals surface area contributed by atoms with Crippen LogP contribution in [-0.2, 0) is 10.8 Å². The Kier molecular flexibility index (Phi) is 9.83. The van der Waals surface area contributed by atoms with Gasteiger partial charge in [0.2, 0.25) is 0 Å². The van der Waals surface area contributed by atoms with Crippen LogP contribution in [0.25, 0.3) is 76.6 Å². The van der Waals surface area contributed by atoms with E-state index < -0.39 is 8.07 Å². The fraction of sp³-hybridized carbons (Fsp3) is 0.188. The summed E-state index contributed by atoms with van der Waals surface area (Å²) in [7, 11) is -1.65. The molecule has 0 saturated carbocycles. The Bertz CT molecular complexity index is 4020. The Hall–Kier alpha value is -7.54. The highest BCUT2D eigenvalue weighted by atomic mass is 28.3. The second-order valence-corrected chi connectivity index (χ2v) is 27.3. The van der Waals surface area contributed by atoms with E-state index in [4.69, 9.17) is 13.3 Å². The normalized spacial score (nSPS) is 12.7. The van der Waals surface area contributed by atoms with Gasteiger partial charge in [0.15, 0.2) is 16.7 Å². The number of aryl methyl sites for hydroxylation is 1. The summed E-state index contributed by atoms with van der Waals surface area (Å²) in [6.45, 7) is 22.9. The number of anilines is 6. The van der Waals surface area contributed by atoms with Gasteiger partial charge in [0.1, 0.15) is 16.7 Å². The lowest BCUT2D eigenvalue weighted by atomic mass is 9.86. The molecule has 346 valence electrons. The van der Waals surface area contributed by atoms with Gasteiger partial charge in [-0.1, -0.05) is 199 Å². The molecule has 0 amide bonds. The second kappa shape index (κ2) is 15.7. The largest absolute Gasteiger partial charge is 0.454 e. The van der Waals surface area contributed by atoms with Gasteiger partial charge in [0.05, 0.1) is 36.2 Å². The van der Waals surface area contributed by atoms with Crippen molar-refractivity contribution in [1.82, 2.24) is 0 Å². The number of nitrogens with zero attached hydrogens (tertiary/aromatic N) is 2. The molecule has 3 aromatic heterocycles. The van der Waals surface area contributed by atoms with Gasteiger partial charge in [-0.05, 0) is 60.2 Å². The molecule has 0 aliphatic heterocycles. The summed E-state index contributed by atoms with van der Waals surface area (Å²) in [5.74, 6) is 0. The van der Waals surface area contributed by atoms with Crippen molar-refractivity contribution in [3.63, 3.8) is 0 Å². The highest BCUT2D eigenvalue weighted by Crippen LogP contribution is 2.56. The molecule has 5 nitrogen and oxygen atoms in total. The number of para-hydroxylation sites is 5. The maximum absolute atomic E-state index is 7.37. The van der Waals surface area contributed by atoms with Gasteiger partial charge in [-0.25, -0.2) is 0 Å². The van der Waals surface area contributed by atoms with Crippen LogP contribution >= 0.6 is 0 Å². The Balaban J connectivity index is 1.23. The van der Waals surface area contributed by atoms with Gasteiger partial charge >= 0.3 is 0 Å². The van der Waals surface area contributed by atoms with E-state index in [-0.39, 0.29) is 10.8 Å². The summed E-state index contributed by atoms with van der Waals surface area (Å²) in [5.41, 5.74) is 14.2. The lowest BCUT2D eigenvalue weighted by Gasteiger charge is -2.31. The zero-order valence-corrected chi connectivity index (χ0v) is 42.8. The minimum atomic E-state index is -1.65. The molecule has 0 fully saturated rings. The summed E-state index contributed by atoms with van der Waals surface area (Å²) >= 11 is 0. The fourth-order valence-electron chi connectivity index (χ4n) is 10.8. The van der Waals surface area contributed by atoms with E-state index in [9.17, 15) is 0 Å². The zero-order valence-electron chi connectivity index (χ0n) is 41.8. The molecular formula is C64H58N2O3Si. The number of furan rings is 3. The van der Waals surface area contributed by atoms with Crippen LogP contribution in [0, 0.1) is 6.92 Å². The maximum Gasteiger partial charge on any atom is 0.162 e. The van der Waals surface area contributed by atoms with Crippen molar-refractivity contribution < 1.29 is 13.3 Å². The standard InChI is InChI=1S/C64H58N2O3Si/c1-39-31-33-40(34-32-39)66(53-29-18-25-48-46-23-16-27-51(64(5,6)7)59(46)69-61(48)53)57-44-20-12-11-19-43(44)56(55-49-21-13-14-30-54(49)67-62(55)57)65(41-35-37-42(38-36-41)70(8,9)10)52-28-17-24-47-45-22-15-26-50(63(2,3)4)58(45)68-60(47)52/h11-38H,1-10H3. The maximum atomic E-state index is 7.37. The first-order chi connectivity index (χ1) is 33.6. The van der Waals surface area contributed by atoms with E-state index in [1.807, 2.05) is 0 Å². The third-order valence-electron chi connectivity index (χ3n) is 14.3. The van der Waals surface area contributed by atoms with Crippen LogP contribution in [0.15, 0.2) is 183 Å². The summed E-state index contributed by atoms with van der Waals surface area (Å²) < 4.78 is 21.8. The summed E-state index contributed by atoms with van der Waals surface area (Å²) in [4.78, 5) is 4.81. The highest BCUT2D eigenvalue weighted by molar-refractivity contribution is 6.88. The van der Waals surface area contributed by atoms with E-state index >= 15 is 0 Å². The fourth-order valence-corrected chi connectivity index (χ4v) is 11.9. The third kappa shape index (κ3) is 6.86. The molecular weight excluding hydrogens is 873 g/mol. The molecule has 70 heavy (non-hydrogen) atoms. The van der Waals surface area contributed by atoms with Crippen LogP contribution < -0.4 is 15.0 Å². The molecule has 0 aliphatic carbocycles. The third-order valence-corrected chi connectivity index (χ3v) is 16.4. The van der Waals surface area contributed by atoms with Crippen molar-refractivity contribution in [2.75, 3.05) is 9.80 Å². The van der Waals surface area contributed by atoms with Gasteiger partial charge in [0, 0.05) is 60.2 Å². The zero-order chi connectivity index (χ0) is 48.4. The van der Waals surface area contributed by atoms with Gasteiger partial charge in [-0.2, -0.15) is 0 Å². The van der Waals surface area contributed by atoms with Crippen LogP contribution in [-0.4, -0.2) is 8.07 Å². The van der Waals surface area contributed by atoms with E-state index in [0.29, 0.717) is 0 Å². The summed E-state index contributed by atoms with van der Waals surface area (Å²) in [6.07, 6.45) is 0. The monoisotopic (exact) mass is 930 g/mol. The Morgan fingerprint density at radius 2 is 0.786 bits per heavy atom. The predicted molar refractivity (Wildman–Crippen MR) is 300 cm³/mol. The van der Waals surface area contributed by atoms with Crippen LogP contribution in [0.2, 0.25) is 19.6 Å². The van der Waals surface area contributed by atoms with E-state index in [1.54, 1.807) is 0 Å². The van der Waals surface area contributed by atoms with Gasteiger partial charge < -0.3 is 23.1 Å². The van der Waals surface area contributed by atoms with Gasteiger partial charge in [-0.3, -0.25) is 0 Å². The molecule has 3 heterocycles. The van der Waals surface area contributed by atoms with Crippen molar-refractivity contribution >= 4 is 124 Å². The number of benzene rings is 9. The molecule has 0 bridgehead atoms. The number of rotatable bonds is 7. The summed E-state index contributed by atoms with van der Waals surface area (Å²) in [6, 6.07) is 61.7. The number of hydrogen-bond acceptors (Lipinski definition) is 5. The van der Waals surface area contributed by atoms with Crippen LogP contribution in [0.5, 0.6) is 0 Å². The van der Waals surface area contributed by atoms with Crippen molar-refractivity contribution in [1.29, 1.82) is 0 Å². The molecule has 0 N–H and O–H groups in total. The highest BCUT2D eigenvalue weighted by Gasteiger charge is 2.33. The average molecular weight is 931 g/mol.